The molecule has 48 heavy (non-hydrogen) atoms. The van der Waals surface area contributed by atoms with Gasteiger partial charge in [-0.2, -0.15) is 0 Å². The Morgan fingerprint density at radius 1 is 0.375 bits per heavy atom. The summed E-state index contributed by atoms with van der Waals surface area (Å²) in [4.78, 5) is 2.50. The molecule has 0 amide bonds. The fraction of sp³-hybridized carbons (Fsp3) is 0. The number of hydrogen-bond donors (Lipinski definition) is 0. The Balaban J connectivity index is 1.27. The zero-order valence-corrected chi connectivity index (χ0v) is 25.6. The molecule has 5 heterocycles. The van der Waals surface area contributed by atoms with Gasteiger partial charge < -0.3 is 19.1 Å². The molecule has 5 aliphatic rings. The monoisotopic (exact) mass is 611 g/mol. The zero-order chi connectivity index (χ0) is 31.1. The van der Waals surface area contributed by atoms with Gasteiger partial charge in [0.15, 0.2) is 11.5 Å². The summed E-state index contributed by atoms with van der Waals surface area (Å²) in [7, 11) is 0. The second kappa shape index (κ2) is 8.81. The Morgan fingerprint density at radius 3 is 1.33 bits per heavy atom. The Morgan fingerprint density at radius 2 is 0.833 bits per heavy atom. The molecule has 0 aliphatic carbocycles. The third-order valence-corrected chi connectivity index (χ3v) is 10.8. The van der Waals surface area contributed by atoms with E-state index in [0.717, 1.165) is 73.8 Å². The van der Waals surface area contributed by atoms with Crippen LogP contribution in [0.4, 0.5) is 17.1 Å². The molecule has 0 unspecified atom stereocenters. The fourth-order valence-electron chi connectivity index (χ4n) is 8.87. The van der Waals surface area contributed by atoms with Gasteiger partial charge in [0.1, 0.15) is 23.0 Å². The summed E-state index contributed by atoms with van der Waals surface area (Å²) in [5, 5.41) is 0. The Labute approximate surface area is 277 Å². The molecule has 0 fully saturated rings. The maximum atomic E-state index is 7.37. The Kier molecular flexibility index (Phi) is 4.59. The van der Waals surface area contributed by atoms with E-state index in [2.05, 4.69) is 144 Å². The molecule has 0 saturated heterocycles. The van der Waals surface area contributed by atoms with Gasteiger partial charge in [-0.05, 0) is 56.0 Å². The van der Waals surface area contributed by atoms with Crippen molar-refractivity contribution in [2.75, 3.05) is 4.90 Å². The molecule has 220 valence electrons. The molecule has 0 radical (unpaired) electrons. The molecule has 7 aromatic rings. The van der Waals surface area contributed by atoms with E-state index in [4.69, 9.17) is 14.2 Å². The fourth-order valence-corrected chi connectivity index (χ4v) is 8.87. The summed E-state index contributed by atoms with van der Waals surface area (Å²) < 4.78 is 20.9. The first-order valence-electron chi connectivity index (χ1n) is 16.5. The lowest BCUT2D eigenvalue weighted by molar-refractivity contribution is 0.464. The number of nitrogens with zero attached hydrogens (tertiary/aromatic N) is 1. The molecule has 0 aromatic heterocycles. The van der Waals surface area contributed by atoms with Gasteiger partial charge in [0.2, 0.25) is 0 Å². The third-order valence-electron chi connectivity index (χ3n) is 10.8. The molecule has 5 aliphatic heterocycles. The lowest BCUT2D eigenvalue weighted by Gasteiger charge is -2.49. The summed E-state index contributed by atoms with van der Waals surface area (Å²) >= 11 is 0. The number of rotatable bonds is 2. The molecule has 0 atom stereocenters. The van der Waals surface area contributed by atoms with Crippen LogP contribution in [0.25, 0.3) is 22.3 Å². The first-order valence-corrected chi connectivity index (χ1v) is 16.5. The van der Waals surface area contributed by atoms with Gasteiger partial charge in [0.25, 0.3) is 13.4 Å². The van der Waals surface area contributed by atoms with Crippen molar-refractivity contribution >= 4 is 63.3 Å². The number of ether oxygens (including phenoxy) is 3. The highest BCUT2D eigenvalue weighted by Gasteiger charge is 2.53. The average molecular weight is 611 g/mol. The summed E-state index contributed by atoms with van der Waals surface area (Å²) in [6, 6.07) is 49.4. The predicted molar refractivity (Wildman–Crippen MR) is 194 cm³/mol. The van der Waals surface area contributed by atoms with E-state index < -0.39 is 0 Å². The van der Waals surface area contributed by atoms with Crippen molar-refractivity contribution in [3.05, 3.63) is 140 Å². The van der Waals surface area contributed by atoms with Crippen molar-refractivity contribution in [2.24, 2.45) is 0 Å². The molecule has 0 bridgehead atoms. The van der Waals surface area contributed by atoms with Gasteiger partial charge in [-0.3, -0.25) is 0 Å². The molecule has 0 saturated carbocycles. The first-order chi connectivity index (χ1) is 23.8. The minimum absolute atomic E-state index is 0.0260. The highest BCUT2D eigenvalue weighted by Crippen LogP contribution is 2.58. The van der Waals surface area contributed by atoms with Crippen LogP contribution in [-0.2, 0) is 0 Å². The van der Waals surface area contributed by atoms with Gasteiger partial charge in [-0.25, -0.2) is 0 Å². The summed E-state index contributed by atoms with van der Waals surface area (Å²) in [6.07, 6.45) is 0. The normalized spacial score (nSPS) is 14.2. The van der Waals surface area contributed by atoms with E-state index in [9.17, 15) is 0 Å². The van der Waals surface area contributed by atoms with Crippen LogP contribution in [0.3, 0.4) is 0 Å². The van der Waals surface area contributed by atoms with Gasteiger partial charge in [-0.1, -0.05) is 121 Å². The van der Waals surface area contributed by atoms with E-state index >= 15 is 0 Å². The summed E-state index contributed by atoms with van der Waals surface area (Å²) in [5.74, 6) is 5.21. The van der Waals surface area contributed by atoms with Crippen LogP contribution in [0.2, 0.25) is 0 Å². The van der Waals surface area contributed by atoms with Crippen molar-refractivity contribution < 1.29 is 14.2 Å². The largest absolute Gasteiger partial charge is 0.458 e. The van der Waals surface area contributed by atoms with Crippen LogP contribution in [0, 0.1) is 0 Å². The zero-order valence-electron chi connectivity index (χ0n) is 25.6. The molecule has 6 heteroatoms. The highest BCUT2D eigenvalue weighted by atomic mass is 16.5. The summed E-state index contributed by atoms with van der Waals surface area (Å²) in [5.41, 5.74) is 14.9. The molecule has 12 rings (SSSR count). The Bertz CT molecular complexity index is 2400. The number of para-hydroxylation sites is 2. The predicted octanol–water partition coefficient (Wildman–Crippen LogP) is 6.47. The van der Waals surface area contributed by atoms with E-state index in [1.54, 1.807) is 0 Å². The maximum absolute atomic E-state index is 7.37. The molecular weight excluding hydrogens is 588 g/mol. The second-order valence-corrected chi connectivity index (χ2v) is 13.1. The van der Waals surface area contributed by atoms with Crippen molar-refractivity contribution in [2.45, 2.75) is 0 Å². The molecule has 0 spiro atoms. The third kappa shape index (κ3) is 2.99. The van der Waals surface area contributed by atoms with Crippen LogP contribution < -0.4 is 51.9 Å². The number of fused-ring (bicyclic) bond motifs is 6. The second-order valence-electron chi connectivity index (χ2n) is 13.1. The topological polar surface area (TPSA) is 30.9 Å². The van der Waals surface area contributed by atoms with Crippen LogP contribution in [0.5, 0.6) is 34.5 Å². The van der Waals surface area contributed by atoms with Crippen molar-refractivity contribution in [3.63, 3.8) is 0 Å². The van der Waals surface area contributed by atoms with Crippen LogP contribution >= 0.6 is 0 Å². The van der Waals surface area contributed by atoms with Gasteiger partial charge in [0.05, 0.1) is 11.4 Å². The minimum atomic E-state index is -0.0260. The lowest BCUT2D eigenvalue weighted by atomic mass is 9.29. The molecular formula is C42H23B2NO3. The van der Waals surface area contributed by atoms with E-state index in [1.807, 2.05) is 0 Å². The van der Waals surface area contributed by atoms with Crippen molar-refractivity contribution in [1.82, 2.24) is 0 Å². The van der Waals surface area contributed by atoms with Gasteiger partial charge in [0, 0.05) is 22.9 Å². The van der Waals surface area contributed by atoms with E-state index in [0.29, 0.717) is 0 Å². The quantitative estimate of drug-likeness (QED) is 0.210. The maximum Gasteiger partial charge on any atom is 0.256 e. The molecule has 4 nitrogen and oxygen atoms in total. The van der Waals surface area contributed by atoms with Crippen LogP contribution in [0.15, 0.2) is 140 Å². The van der Waals surface area contributed by atoms with Crippen LogP contribution in [0.1, 0.15) is 0 Å². The number of hydrogen-bond acceptors (Lipinski definition) is 4. The number of anilines is 3. The number of benzene rings is 7. The highest BCUT2D eigenvalue weighted by molar-refractivity contribution is 7.03. The lowest BCUT2D eigenvalue weighted by Crippen LogP contribution is -2.67. The van der Waals surface area contributed by atoms with Crippen molar-refractivity contribution in [3.8, 4) is 56.8 Å². The van der Waals surface area contributed by atoms with Crippen molar-refractivity contribution in [1.29, 1.82) is 0 Å². The minimum Gasteiger partial charge on any atom is -0.458 e. The summed E-state index contributed by atoms with van der Waals surface area (Å²) in [6.45, 7) is -0.0520. The van der Waals surface area contributed by atoms with Gasteiger partial charge in [-0.15, -0.1) is 0 Å². The van der Waals surface area contributed by atoms with Crippen LogP contribution in [-0.4, -0.2) is 13.4 Å². The standard InChI is InChI=1S/C42H23B2NO3/c1-3-11-24(12-4-1)26-19-21-30-38-41(26)48-42-27(25-13-5-2-6-14-25)20-22-31-39(42)45(38)40-36-34(46-32-17-9-7-15-28(32)43(30)36)23-35-37(40)44(31)29-16-8-10-18-33(29)47-35/h1-23H. The SMILES string of the molecule is c1ccc(-c2ccc3c4c2Oc2c(-c5ccccc5)ccc5c2N4c2c4c(cc6c2B5c2ccccc2O6)Oc2ccccc2B34)cc1. The smallest absolute Gasteiger partial charge is 0.256 e. The first kappa shape index (κ1) is 25.0. The average Bonchev–Trinajstić information content (AvgIpc) is 3.15. The van der Waals surface area contributed by atoms with E-state index in [1.165, 1.54) is 32.8 Å². The Hall–Kier alpha value is -6.13. The van der Waals surface area contributed by atoms with Gasteiger partial charge >= 0.3 is 0 Å². The van der Waals surface area contributed by atoms with E-state index in [-0.39, 0.29) is 13.4 Å². The molecule has 7 aromatic carbocycles. The molecule has 0 N–H and O–H groups in total.